The summed E-state index contributed by atoms with van der Waals surface area (Å²) >= 11 is 0. The monoisotopic (exact) mass is 652 g/mol. The molecule has 0 saturated heterocycles. The number of nitrogens with zero attached hydrogens (tertiary/aromatic N) is 4. The van der Waals surface area contributed by atoms with Crippen LogP contribution in [0.15, 0.2) is 89.9 Å². The Labute approximate surface area is 274 Å². The maximum absolute atomic E-state index is 12.7. The van der Waals surface area contributed by atoms with Gasteiger partial charge in [0.15, 0.2) is 0 Å². The SMILES string of the molecule is CN1Cc2c(ccc3c2c2ccccc2n3CCC(F)F)C1=O.O=c1c2ccc3c(c2ccn1CCO)c1ccccc1n3CCCF. The Bertz CT molecular complexity index is 2390. The van der Waals surface area contributed by atoms with Gasteiger partial charge in [-0.2, -0.15) is 0 Å². The molecule has 10 heteroatoms. The zero-order valence-corrected chi connectivity index (χ0v) is 26.5. The molecule has 1 aliphatic heterocycles. The largest absolute Gasteiger partial charge is 0.395 e. The summed E-state index contributed by atoms with van der Waals surface area (Å²) in [6.45, 7) is 1.29. The van der Waals surface area contributed by atoms with Gasteiger partial charge in [0.1, 0.15) is 0 Å². The van der Waals surface area contributed by atoms with E-state index in [1.165, 1.54) is 4.57 Å². The third-order valence-corrected chi connectivity index (χ3v) is 9.34. The first-order valence-corrected chi connectivity index (χ1v) is 16.1. The molecular formula is C38H35F3N4O3. The Morgan fingerprint density at radius 1 is 0.729 bits per heavy atom. The van der Waals surface area contributed by atoms with E-state index in [4.69, 9.17) is 5.11 Å². The third-order valence-electron chi connectivity index (χ3n) is 9.34. The van der Waals surface area contributed by atoms with E-state index in [1.54, 1.807) is 18.1 Å². The van der Waals surface area contributed by atoms with Crippen LogP contribution in [0, 0.1) is 0 Å². The molecule has 4 aromatic carbocycles. The second-order valence-electron chi connectivity index (χ2n) is 12.2. The fraction of sp³-hybridized carbons (Fsp3) is 0.263. The highest BCUT2D eigenvalue weighted by Crippen LogP contribution is 2.37. The molecule has 4 heterocycles. The van der Waals surface area contributed by atoms with Crippen LogP contribution in [0.4, 0.5) is 13.2 Å². The fourth-order valence-electron chi connectivity index (χ4n) is 7.21. The summed E-state index contributed by atoms with van der Waals surface area (Å²) in [6, 6.07) is 25.3. The van der Waals surface area contributed by atoms with Crippen LogP contribution in [0.5, 0.6) is 0 Å². The van der Waals surface area contributed by atoms with E-state index in [0.717, 1.165) is 60.1 Å². The number of benzene rings is 4. The number of carbonyl (C=O) groups is 1. The predicted molar refractivity (Wildman–Crippen MR) is 185 cm³/mol. The maximum Gasteiger partial charge on any atom is 0.258 e. The van der Waals surface area contributed by atoms with E-state index in [-0.39, 0.29) is 44.3 Å². The number of fused-ring (bicyclic) bond motifs is 10. The number of halogens is 3. The highest BCUT2D eigenvalue weighted by Gasteiger charge is 2.28. The average Bonchev–Trinajstić information content (AvgIpc) is 3.70. The molecule has 7 nitrogen and oxygen atoms in total. The van der Waals surface area contributed by atoms with Crippen LogP contribution in [0.1, 0.15) is 28.8 Å². The molecule has 0 fully saturated rings. The number of aliphatic hydroxyl groups is 1. The Hall–Kier alpha value is -5.09. The molecule has 48 heavy (non-hydrogen) atoms. The summed E-state index contributed by atoms with van der Waals surface area (Å²) in [4.78, 5) is 26.6. The minimum absolute atomic E-state index is 0.0197. The highest BCUT2D eigenvalue weighted by molar-refractivity contribution is 6.20. The molecular weight excluding hydrogens is 617 g/mol. The van der Waals surface area contributed by atoms with E-state index in [9.17, 15) is 22.8 Å². The number of amides is 1. The van der Waals surface area contributed by atoms with Gasteiger partial charge in [0.05, 0.1) is 13.3 Å². The Kier molecular flexibility index (Phi) is 8.43. The van der Waals surface area contributed by atoms with Crippen molar-refractivity contribution >= 4 is 60.3 Å². The molecule has 1 amide bonds. The molecule has 1 N–H and O–H groups in total. The minimum Gasteiger partial charge on any atom is -0.395 e. The molecule has 1 aliphatic rings. The summed E-state index contributed by atoms with van der Waals surface area (Å²) in [7, 11) is 1.78. The van der Waals surface area contributed by atoms with Gasteiger partial charge < -0.3 is 23.7 Å². The Morgan fingerprint density at radius 3 is 2.06 bits per heavy atom. The Balaban J connectivity index is 0.000000152. The van der Waals surface area contributed by atoms with Gasteiger partial charge in [0.25, 0.3) is 11.5 Å². The van der Waals surface area contributed by atoms with Crippen LogP contribution in [-0.4, -0.2) is 56.4 Å². The van der Waals surface area contributed by atoms with Crippen molar-refractivity contribution in [3.8, 4) is 0 Å². The van der Waals surface area contributed by atoms with Gasteiger partial charge in [0, 0.05) is 100 Å². The summed E-state index contributed by atoms with van der Waals surface area (Å²) in [5.74, 6) is 0.0197. The number of pyridine rings is 1. The topological polar surface area (TPSA) is 72.4 Å². The number of aryl methyl sites for hydroxylation is 2. The highest BCUT2D eigenvalue weighted by atomic mass is 19.3. The number of hydrogen-bond acceptors (Lipinski definition) is 3. The molecule has 0 radical (unpaired) electrons. The predicted octanol–water partition coefficient (Wildman–Crippen LogP) is 7.50. The lowest BCUT2D eigenvalue weighted by molar-refractivity contribution is 0.0816. The van der Waals surface area contributed by atoms with E-state index >= 15 is 0 Å². The number of rotatable bonds is 8. The summed E-state index contributed by atoms with van der Waals surface area (Å²) in [5.41, 5.74) is 5.56. The van der Waals surface area contributed by atoms with Crippen LogP contribution >= 0.6 is 0 Å². The number of para-hydroxylation sites is 2. The van der Waals surface area contributed by atoms with Gasteiger partial charge >= 0.3 is 0 Å². The molecule has 0 atom stereocenters. The molecule has 8 rings (SSSR count). The van der Waals surface area contributed by atoms with Crippen molar-refractivity contribution in [2.45, 2.75) is 45.4 Å². The van der Waals surface area contributed by atoms with E-state index in [1.807, 2.05) is 83.4 Å². The van der Waals surface area contributed by atoms with Crippen molar-refractivity contribution in [2.24, 2.45) is 0 Å². The zero-order chi connectivity index (χ0) is 33.5. The van der Waals surface area contributed by atoms with Gasteiger partial charge in [0.2, 0.25) is 6.43 Å². The standard InChI is InChI=1S/C20H19FN2O2.C18H16F2N2O/c21-9-3-10-23-17-5-2-1-4-16(17)19-14-8-11-22(12-13-24)20(25)15(14)6-7-18(19)23;1-21-10-13-11(18(21)23)6-7-15-17(13)12-4-2-3-5-14(12)22(15)9-8-16(19)20/h1-2,4-8,11,24H,3,9-10,12-13H2;2-7,16H,8-10H2,1H3. The van der Waals surface area contributed by atoms with Gasteiger partial charge in [-0.1, -0.05) is 36.4 Å². The van der Waals surface area contributed by atoms with Crippen molar-refractivity contribution in [3.63, 3.8) is 0 Å². The van der Waals surface area contributed by atoms with Crippen LogP contribution in [0.25, 0.3) is 54.4 Å². The van der Waals surface area contributed by atoms with E-state index in [2.05, 4.69) is 4.57 Å². The van der Waals surface area contributed by atoms with Gasteiger partial charge in [-0.25, -0.2) is 8.78 Å². The molecule has 0 unspecified atom stereocenters. The average molecular weight is 653 g/mol. The first-order valence-electron chi connectivity index (χ1n) is 16.1. The molecule has 246 valence electrons. The van der Waals surface area contributed by atoms with Gasteiger partial charge in [-0.05, 0) is 59.8 Å². The fourth-order valence-corrected chi connectivity index (χ4v) is 7.21. The van der Waals surface area contributed by atoms with Gasteiger partial charge in [-0.15, -0.1) is 0 Å². The number of carbonyl (C=O) groups excluding carboxylic acids is 1. The molecule has 0 spiro atoms. The van der Waals surface area contributed by atoms with E-state index in [0.29, 0.717) is 24.9 Å². The first-order chi connectivity index (χ1) is 23.3. The number of aromatic nitrogens is 3. The Morgan fingerprint density at radius 2 is 1.38 bits per heavy atom. The third kappa shape index (κ3) is 5.20. The van der Waals surface area contributed by atoms with Gasteiger partial charge in [-0.3, -0.25) is 14.0 Å². The van der Waals surface area contributed by atoms with Crippen molar-refractivity contribution in [1.29, 1.82) is 0 Å². The van der Waals surface area contributed by atoms with Crippen molar-refractivity contribution < 1.29 is 23.1 Å². The smallest absolute Gasteiger partial charge is 0.258 e. The second kappa shape index (κ2) is 12.8. The molecule has 0 bridgehead atoms. The normalized spacial score (nSPS) is 13.0. The minimum atomic E-state index is -2.33. The van der Waals surface area contributed by atoms with Crippen LogP contribution in [0.3, 0.4) is 0 Å². The summed E-state index contributed by atoms with van der Waals surface area (Å²) in [5, 5.41) is 14.8. The second-order valence-corrected chi connectivity index (χ2v) is 12.2. The summed E-state index contributed by atoms with van der Waals surface area (Å²) in [6.07, 6.45) is -0.310. The van der Waals surface area contributed by atoms with Crippen LogP contribution in [0.2, 0.25) is 0 Å². The summed E-state index contributed by atoms with van der Waals surface area (Å²) < 4.78 is 43.7. The van der Waals surface area contributed by atoms with Crippen molar-refractivity contribution in [1.82, 2.24) is 18.6 Å². The lowest BCUT2D eigenvalue weighted by Crippen LogP contribution is -2.21. The lowest BCUT2D eigenvalue weighted by atomic mass is 10.0. The van der Waals surface area contributed by atoms with E-state index < -0.39 is 6.43 Å². The quantitative estimate of drug-likeness (QED) is 0.185. The molecule has 3 aromatic heterocycles. The first kappa shape index (κ1) is 31.5. The number of aliphatic hydroxyl groups excluding tert-OH is 1. The molecule has 7 aromatic rings. The lowest BCUT2D eigenvalue weighted by Gasteiger charge is -2.08. The maximum atomic E-state index is 12.7. The number of alkyl halides is 3. The van der Waals surface area contributed by atoms with Crippen molar-refractivity contribution in [3.05, 3.63) is 107 Å². The number of hydrogen-bond donors (Lipinski definition) is 1. The van der Waals surface area contributed by atoms with Crippen LogP contribution < -0.4 is 5.56 Å². The van der Waals surface area contributed by atoms with Crippen molar-refractivity contribution in [2.75, 3.05) is 20.3 Å². The van der Waals surface area contributed by atoms with Crippen LogP contribution in [-0.2, 0) is 26.2 Å². The molecule has 0 saturated carbocycles. The zero-order valence-electron chi connectivity index (χ0n) is 26.5. The molecule has 0 aliphatic carbocycles.